The number of benzene rings is 3. The van der Waals surface area contributed by atoms with E-state index in [9.17, 15) is 4.79 Å². The molecule has 2 N–H and O–H groups in total. The lowest BCUT2D eigenvalue weighted by Gasteiger charge is -2.29. The summed E-state index contributed by atoms with van der Waals surface area (Å²) in [6.45, 7) is 1.87. The number of rotatable bonds is 8. The molecule has 0 bridgehead atoms. The molecule has 1 aromatic heterocycles. The van der Waals surface area contributed by atoms with E-state index in [1.54, 1.807) is 18.9 Å². The zero-order chi connectivity index (χ0) is 25.8. The first-order valence-electron chi connectivity index (χ1n) is 11.8. The standard InChI is InChI=1S/C28H27N5O3S/c1-18-24(26(34)30-20-12-8-5-9-13-20)25(22-16-21(35-2)14-15-23(22)36-3)33-27(29-18)31-28(32-33)37-17-19-10-6-4-7-11-19/h4-16,25H,17H2,1-3H3,(H,30,34)(H,29,31,32)/t25-/m0/s1. The van der Waals surface area contributed by atoms with Gasteiger partial charge < -0.3 is 20.1 Å². The van der Waals surface area contributed by atoms with Gasteiger partial charge in [0.15, 0.2) is 0 Å². The number of carbonyl (C=O) groups is 1. The molecule has 8 nitrogen and oxygen atoms in total. The van der Waals surface area contributed by atoms with E-state index in [2.05, 4.69) is 22.8 Å². The Morgan fingerprint density at radius 2 is 1.76 bits per heavy atom. The second-order valence-electron chi connectivity index (χ2n) is 8.43. The van der Waals surface area contributed by atoms with Gasteiger partial charge in [0.25, 0.3) is 5.91 Å². The fourth-order valence-electron chi connectivity index (χ4n) is 4.27. The Labute approximate surface area is 219 Å². The van der Waals surface area contributed by atoms with E-state index in [1.165, 1.54) is 17.3 Å². The molecule has 0 saturated carbocycles. The van der Waals surface area contributed by atoms with Crippen LogP contribution in [0.5, 0.6) is 11.5 Å². The molecule has 1 aliphatic rings. The van der Waals surface area contributed by atoms with Crippen LogP contribution in [0.2, 0.25) is 0 Å². The number of hydrogen-bond donors (Lipinski definition) is 2. The van der Waals surface area contributed by atoms with Crippen molar-refractivity contribution in [1.29, 1.82) is 0 Å². The SMILES string of the molecule is COc1ccc(OC)c([C@H]2C(C(=O)Nc3ccccc3)=C(C)Nc3nc(SCc4ccccc4)nn32)c1. The molecule has 9 heteroatoms. The molecule has 0 aliphatic carbocycles. The van der Waals surface area contributed by atoms with Gasteiger partial charge in [-0.25, -0.2) is 4.68 Å². The van der Waals surface area contributed by atoms with E-state index in [0.717, 1.165) is 11.3 Å². The molecular formula is C28H27N5O3S. The fourth-order valence-corrected chi connectivity index (χ4v) is 5.05. The van der Waals surface area contributed by atoms with Gasteiger partial charge in [-0.1, -0.05) is 60.3 Å². The molecule has 2 heterocycles. The van der Waals surface area contributed by atoms with Crippen LogP contribution >= 0.6 is 11.8 Å². The van der Waals surface area contributed by atoms with Crippen molar-refractivity contribution in [3.8, 4) is 11.5 Å². The largest absolute Gasteiger partial charge is 0.497 e. The number of allylic oxidation sites excluding steroid dienone is 1. The minimum absolute atomic E-state index is 0.245. The monoisotopic (exact) mass is 513 g/mol. The summed E-state index contributed by atoms with van der Waals surface area (Å²) in [6.07, 6.45) is 0. The van der Waals surface area contributed by atoms with E-state index in [4.69, 9.17) is 19.6 Å². The van der Waals surface area contributed by atoms with Crippen LogP contribution in [0, 0.1) is 0 Å². The molecule has 1 aliphatic heterocycles. The normalized spacial score (nSPS) is 14.5. The number of amides is 1. The maximum absolute atomic E-state index is 13.7. The predicted molar refractivity (Wildman–Crippen MR) is 145 cm³/mol. The second-order valence-corrected chi connectivity index (χ2v) is 9.37. The summed E-state index contributed by atoms with van der Waals surface area (Å²) in [5, 5.41) is 11.7. The molecule has 3 aromatic carbocycles. The predicted octanol–water partition coefficient (Wildman–Crippen LogP) is 5.52. The van der Waals surface area contributed by atoms with E-state index in [0.29, 0.717) is 39.6 Å². The quantitative estimate of drug-likeness (QED) is 0.300. The molecule has 188 valence electrons. The van der Waals surface area contributed by atoms with E-state index in [-0.39, 0.29) is 5.91 Å². The molecule has 0 radical (unpaired) electrons. The van der Waals surface area contributed by atoms with Crippen molar-refractivity contribution in [3.63, 3.8) is 0 Å². The van der Waals surface area contributed by atoms with Crippen molar-refractivity contribution >= 4 is 29.3 Å². The Morgan fingerprint density at radius 3 is 2.46 bits per heavy atom. The number of para-hydroxylation sites is 1. The Morgan fingerprint density at radius 1 is 1.03 bits per heavy atom. The number of anilines is 2. The molecule has 0 unspecified atom stereocenters. The number of fused-ring (bicyclic) bond motifs is 1. The highest BCUT2D eigenvalue weighted by molar-refractivity contribution is 7.98. The van der Waals surface area contributed by atoms with Crippen LogP contribution < -0.4 is 20.1 Å². The molecule has 1 amide bonds. The van der Waals surface area contributed by atoms with Crippen LogP contribution in [0.1, 0.15) is 24.1 Å². The van der Waals surface area contributed by atoms with Crippen molar-refractivity contribution < 1.29 is 14.3 Å². The van der Waals surface area contributed by atoms with Crippen LogP contribution in [0.4, 0.5) is 11.6 Å². The number of thioether (sulfide) groups is 1. The van der Waals surface area contributed by atoms with Crippen molar-refractivity contribution in [2.75, 3.05) is 24.9 Å². The van der Waals surface area contributed by atoms with Crippen LogP contribution in [0.15, 0.2) is 95.3 Å². The molecule has 37 heavy (non-hydrogen) atoms. The van der Waals surface area contributed by atoms with Gasteiger partial charge in [0.2, 0.25) is 11.1 Å². The van der Waals surface area contributed by atoms with Crippen LogP contribution in [-0.2, 0) is 10.5 Å². The lowest BCUT2D eigenvalue weighted by Crippen LogP contribution is -2.31. The van der Waals surface area contributed by atoms with Gasteiger partial charge in [-0.05, 0) is 42.8 Å². The van der Waals surface area contributed by atoms with E-state index < -0.39 is 6.04 Å². The average molecular weight is 514 g/mol. The smallest absolute Gasteiger partial charge is 0.255 e. The van der Waals surface area contributed by atoms with Crippen LogP contribution in [0.25, 0.3) is 0 Å². The molecule has 0 spiro atoms. The van der Waals surface area contributed by atoms with Crippen molar-refractivity contribution in [2.24, 2.45) is 0 Å². The van der Waals surface area contributed by atoms with E-state index in [1.807, 2.05) is 73.7 Å². The van der Waals surface area contributed by atoms with Crippen LogP contribution in [-0.4, -0.2) is 34.9 Å². The van der Waals surface area contributed by atoms with Gasteiger partial charge in [0.1, 0.15) is 17.5 Å². The number of nitrogens with zero attached hydrogens (tertiary/aromatic N) is 3. The summed E-state index contributed by atoms with van der Waals surface area (Å²) in [4.78, 5) is 18.4. The van der Waals surface area contributed by atoms with Crippen molar-refractivity contribution in [2.45, 2.75) is 23.9 Å². The number of methoxy groups -OCH3 is 2. The molecule has 1 atom stereocenters. The molecule has 4 aromatic rings. The summed E-state index contributed by atoms with van der Waals surface area (Å²) in [5.74, 6) is 2.30. The average Bonchev–Trinajstić information content (AvgIpc) is 3.34. The summed E-state index contributed by atoms with van der Waals surface area (Å²) in [7, 11) is 3.22. The minimum Gasteiger partial charge on any atom is -0.497 e. The van der Waals surface area contributed by atoms with Crippen LogP contribution in [0.3, 0.4) is 0 Å². The summed E-state index contributed by atoms with van der Waals surface area (Å²) in [6, 6.07) is 24.5. The van der Waals surface area contributed by atoms with Gasteiger partial charge in [0, 0.05) is 22.7 Å². The molecule has 0 saturated heterocycles. The Kier molecular flexibility index (Phi) is 7.14. The third kappa shape index (κ3) is 5.17. The minimum atomic E-state index is -0.594. The molecule has 5 rings (SSSR count). The van der Waals surface area contributed by atoms with Gasteiger partial charge >= 0.3 is 0 Å². The maximum atomic E-state index is 13.7. The summed E-state index contributed by atoms with van der Waals surface area (Å²) < 4.78 is 13.0. The highest BCUT2D eigenvalue weighted by Crippen LogP contribution is 2.41. The summed E-state index contributed by atoms with van der Waals surface area (Å²) >= 11 is 1.54. The van der Waals surface area contributed by atoms with Crippen molar-refractivity contribution in [3.05, 3.63) is 101 Å². The zero-order valence-corrected chi connectivity index (χ0v) is 21.6. The Hall–Kier alpha value is -4.24. The molecule has 0 fully saturated rings. The number of hydrogen-bond acceptors (Lipinski definition) is 7. The maximum Gasteiger partial charge on any atom is 0.255 e. The first-order valence-corrected chi connectivity index (χ1v) is 12.8. The van der Waals surface area contributed by atoms with Crippen molar-refractivity contribution in [1.82, 2.24) is 14.8 Å². The lowest BCUT2D eigenvalue weighted by atomic mass is 9.94. The summed E-state index contributed by atoms with van der Waals surface area (Å²) in [5.41, 5.74) is 3.81. The highest BCUT2D eigenvalue weighted by Gasteiger charge is 2.36. The van der Waals surface area contributed by atoms with Gasteiger partial charge in [-0.15, -0.1) is 5.10 Å². The van der Waals surface area contributed by atoms with Gasteiger partial charge in [-0.3, -0.25) is 4.79 Å². The number of nitrogens with one attached hydrogen (secondary N) is 2. The number of ether oxygens (including phenoxy) is 2. The first kappa shape index (κ1) is 24.5. The Balaban J connectivity index is 1.56. The van der Waals surface area contributed by atoms with Gasteiger partial charge in [0.05, 0.1) is 19.8 Å². The lowest BCUT2D eigenvalue weighted by molar-refractivity contribution is -0.113. The van der Waals surface area contributed by atoms with E-state index >= 15 is 0 Å². The number of aromatic nitrogens is 3. The first-order chi connectivity index (χ1) is 18.1. The third-order valence-corrected chi connectivity index (χ3v) is 6.96. The van der Waals surface area contributed by atoms with Gasteiger partial charge in [-0.2, -0.15) is 4.98 Å². The second kappa shape index (κ2) is 10.8. The third-order valence-electron chi connectivity index (χ3n) is 6.05. The topological polar surface area (TPSA) is 90.3 Å². The fraction of sp³-hybridized carbons (Fsp3) is 0.179. The zero-order valence-electron chi connectivity index (χ0n) is 20.8. The Bertz CT molecular complexity index is 1440. The molecular weight excluding hydrogens is 486 g/mol. The number of carbonyl (C=O) groups excluding carboxylic acids is 1. The highest BCUT2D eigenvalue weighted by atomic mass is 32.2.